The van der Waals surface area contributed by atoms with Crippen LogP contribution in [-0.2, 0) is 37.3 Å². The SMILES string of the molecule is CCCCC(=O)CC(C/C=C/S(=O)(=O)c1ccc(C)cc1)(COCc1ccccc1)COCc1ccccc1. The van der Waals surface area contributed by atoms with E-state index >= 15 is 0 Å². The molecule has 0 heterocycles. The van der Waals surface area contributed by atoms with Crippen molar-refractivity contribution in [3.05, 3.63) is 113 Å². The van der Waals surface area contributed by atoms with Crippen molar-refractivity contribution in [3.63, 3.8) is 0 Å². The molecule has 3 aromatic carbocycles. The molecule has 0 atom stereocenters. The van der Waals surface area contributed by atoms with Gasteiger partial charge in [0.05, 0.1) is 31.3 Å². The number of unbranched alkanes of at least 4 members (excludes halogenated alkanes) is 1. The van der Waals surface area contributed by atoms with Gasteiger partial charge < -0.3 is 9.47 Å². The van der Waals surface area contributed by atoms with E-state index in [1.807, 2.05) is 67.6 Å². The predicted octanol–water partition coefficient (Wildman–Crippen LogP) is 7.24. The van der Waals surface area contributed by atoms with E-state index < -0.39 is 15.3 Å². The average Bonchev–Trinajstić information content (AvgIpc) is 2.93. The Morgan fingerprint density at radius 1 is 0.821 bits per heavy atom. The van der Waals surface area contributed by atoms with E-state index in [1.54, 1.807) is 30.3 Å². The molecular formula is C33H40O5S. The van der Waals surface area contributed by atoms with Gasteiger partial charge in [0.2, 0.25) is 0 Å². The van der Waals surface area contributed by atoms with Gasteiger partial charge in [0.15, 0.2) is 9.84 Å². The van der Waals surface area contributed by atoms with Gasteiger partial charge in [-0.2, -0.15) is 0 Å². The van der Waals surface area contributed by atoms with Crippen LogP contribution >= 0.6 is 0 Å². The predicted molar refractivity (Wildman–Crippen MR) is 156 cm³/mol. The van der Waals surface area contributed by atoms with Gasteiger partial charge in [-0.05, 0) is 43.0 Å². The molecule has 3 aromatic rings. The third kappa shape index (κ3) is 10.6. The first kappa shape index (κ1) is 30.5. The summed E-state index contributed by atoms with van der Waals surface area (Å²) >= 11 is 0. The van der Waals surface area contributed by atoms with Gasteiger partial charge in [-0.1, -0.05) is 97.8 Å². The maximum atomic E-state index is 13.0. The number of Topliss-reactive ketones (excluding diaryl/α,β-unsaturated/α-hetero) is 1. The molecule has 0 amide bonds. The molecule has 0 aliphatic rings. The second kappa shape index (κ2) is 15.5. The zero-order valence-corrected chi connectivity index (χ0v) is 23.9. The number of benzene rings is 3. The summed E-state index contributed by atoms with van der Waals surface area (Å²) in [7, 11) is -3.62. The van der Waals surface area contributed by atoms with Crippen molar-refractivity contribution in [2.24, 2.45) is 5.41 Å². The Balaban J connectivity index is 1.82. The van der Waals surface area contributed by atoms with Crippen LogP contribution in [0.3, 0.4) is 0 Å². The second-order valence-electron chi connectivity index (χ2n) is 10.2. The average molecular weight is 549 g/mol. The van der Waals surface area contributed by atoms with Crippen LogP contribution in [0, 0.1) is 12.3 Å². The standard InChI is InChI=1S/C33H40O5S/c1-3-4-16-31(34)23-33(26-37-24-29-12-7-5-8-13-29,27-38-25-30-14-9-6-10-15-30)21-11-22-39(35,36)32-19-17-28(2)18-20-32/h5-15,17-20,22H,3-4,16,21,23-27H2,1-2H3/b22-11+. The molecule has 39 heavy (non-hydrogen) atoms. The van der Waals surface area contributed by atoms with Crippen molar-refractivity contribution in [1.29, 1.82) is 0 Å². The first-order valence-corrected chi connectivity index (χ1v) is 15.1. The van der Waals surface area contributed by atoms with Gasteiger partial charge in [-0.3, -0.25) is 4.79 Å². The number of carbonyl (C=O) groups is 1. The molecule has 0 radical (unpaired) electrons. The minimum Gasteiger partial charge on any atom is -0.376 e. The van der Waals surface area contributed by atoms with Gasteiger partial charge in [0, 0.05) is 23.7 Å². The summed E-state index contributed by atoms with van der Waals surface area (Å²) in [4.78, 5) is 13.3. The van der Waals surface area contributed by atoms with Gasteiger partial charge in [-0.15, -0.1) is 0 Å². The maximum Gasteiger partial charge on any atom is 0.199 e. The molecule has 0 spiro atoms. The van der Waals surface area contributed by atoms with Crippen LogP contribution in [0.4, 0.5) is 0 Å². The van der Waals surface area contributed by atoms with Crippen molar-refractivity contribution in [1.82, 2.24) is 0 Å². The van der Waals surface area contributed by atoms with Crippen molar-refractivity contribution >= 4 is 15.6 Å². The van der Waals surface area contributed by atoms with Gasteiger partial charge in [-0.25, -0.2) is 8.42 Å². The topological polar surface area (TPSA) is 69.7 Å². The number of carbonyl (C=O) groups excluding carboxylic acids is 1. The van der Waals surface area contributed by atoms with E-state index in [1.165, 1.54) is 5.41 Å². The zero-order chi connectivity index (χ0) is 28.0. The molecule has 0 saturated heterocycles. The highest BCUT2D eigenvalue weighted by Gasteiger charge is 2.33. The van der Waals surface area contributed by atoms with E-state index in [-0.39, 0.29) is 30.3 Å². The molecule has 0 unspecified atom stereocenters. The highest BCUT2D eigenvalue weighted by Crippen LogP contribution is 2.31. The van der Waals surface area contributed by atoms with Gasteiger partial charge in [0.1, 0.15) is 5.78 Å². The number of rotatable bonds is 17. The van der Waals surface area contributed by atoms with Gasteiger partial charge in [0.25, 0.3) is 0 Å². The Kier molecular flexibility index (Phi) is 12.1. The molecule has 0 bridgehead atoms. The first-order valence-electron chi connectivity index (χ1n) is 13.6. The highest BCUT2D eigenvalue weighted by atomic mass is 32.2. The van der Waals surface area contributed by atoms with Crippen LogP contribution in [0.1, 0.15) is 55.7 Å². The summed E-state index contributed by atoms with van der Waals surface area (Å²) in [6.45, 7) is 5.31. The lowest BCUT2D eigenvalue weighted by Gasteiger charge is -2.32. The van der Waals surface area contributed by atoms with Crippen molar-refractivity contribution in [2.75, 3.05) is 13.2 Å². The molecule has 0 aromatic heterocycles. The molecule has 6 heteroatoms. The van der Waals surface area contributed by atoms with Crippen molar-refractivity contribution in [3.8, 4) is 0 Å². The van der Waals surface area contributed by atoms with Crippen LogP contribution < -0.4 is 0 Å². The highest BCUT2D eigenvalue weighted by molar-refractivity contribution is 7.94. The Labute approximate surface area is 233 Å². The maximum absolute atomic E-state index is 13.0. The van der Waals surface area contributed by atoms with E-state index in [4.69, 9.17) is 9.47 Å². The third-order valence-electron chi connectivity index (χ3n) is 6.60. The molecular weight excluding hydrogens is 508 g/mol. The molecule has 0 aliphatic heterocycles. The third-order valence-corrected chi connectivity index (χ3v) is 8.08. The number of ketones is 1. The quantitative estimate of drug-likeness (QED) is 0.178. The lowest BCUT2D eigenvalue weighted by atomic mass is 9.80. The fraction of sp³-hybridized carbons (Fsp3) is 0.364. The second-order valence-corrected chi connectivity index (χ2v) is 12.0. The van der Waals surface area contributed by atoms with E-state index in [2.05, 4.69) is 6.92 Å². The summed E-state index contributed by atoms with van der Waals surface area (Å²) in [6, 6.07) is 26.5. The van der Waals surface area contributed by atoms with Gasteiger partial charge >= 0.3 is 0 Å². The summed E-state index contributed by atoms with van der Waals surface area (Å²) in [6.07, 6.45) is 4.48. The molecule has 5 nitrogen and oxygen atoms in total. The molecule has 208 valence electrons. The number of ether oxygens (including phenoxy) is 2. The molecule has 0 N–H and O–H groups in total. The molecule has 0 fully saturated rings. The Morgan fingerprint density at radius 2 is 1.36 bits per heavy atom. The minimum atomic E-state index is -3.62. The number of allylic oxidation sites excluding steroid dienone is 1. The molecule has 3 rings (SSSR count). The number of hydrogen-bond acceptors (Lipinski definition) is 5. The number of aryl methyl sites for hydroxylation is 1. The largest absolute Gasteiger partial charge is 0.376 e. The lowest BCUT2D eigenvalue weighted by Crippen LogP contribution is -2.35. The first-order chi connectivity index (χ1) is 18.8. The monoisotopic (exact) mass is 548 g/mol. The Hall–Kier alpha value is -3.06. The summed E-state index contributed by atoms with van der Waals surface area (Å²) in [5.41, 5.74) is 2.36. The van der Waals surface area contributed by atoms with Crippen LogP contribution in [0.25, 0.3) is 0 Å². The van der Waals surface area contributed by atoms with E-state index in [0.29, 0.717) is 26.1 Å². The molecule has 0 saturated carbocycles. The summed E-state index contributed by atoms with van der Waals surface area (Å²) < 4.78 is 38.3. The number of hydrogen-bond donors (Lipinski definition) is 0. The van der Waals surface area contributed by atoms with Crippen LogP contribution in [0.15, 0.2) is 101 Å². The lowest BCUT2D eigenvalue weighted by molar-refractivity contribution is -0.125. The zero-order valence-electron chi connectivity index (χ0n) is 23.1. The van der Waals surface area contributed by atoms with Crippen LogP contribution in [0.5, 0.6) is 0 Å². The van der Waals surface area contributed by atoms with Crippen molar-refractivity contribution < 1.29 is 22.7 Å². The summed E-state index contributed by atoms with van der Waals surface area (Å²) in [5.74, 6) is 0.137. The smallest absolute Gasteiger partial charge is 0.199 e. The normalized spacial score (nSPS) is 12.2. The molecule has 0 aliphatic carbocycles. The summed E-state index contributed by atoms with van der Waals surface area (Å²) in [5, 5.41) is 1.25. The van der Waals surface area contributed by atoms with Crippen LogP contribution in [0.2, 0.25) is 0 Å². The fourth-order valence-corrected chi connectivity index (χ4v) is 5.39. The Bertz CT molecular complexity index is 1220. The van der Waals surface area contributed by atoms with Crippen LogP contribution in [-0.4, -0.2) is 27.4 Å². The minimum absolute atomic E-state index is 0.137. The van der Waals surface area contributed by atoms with E-state index in [0.717, 1.165) is 29.5 Å². The fourth-order valence-electron chi connectivity index (χ4n) is 4.36. The van der Waals surface area contributed by atoms with Crippen molar-refractivity contribution in [2.45, 2.75) is 64.1 Å². The van der Waals surface area contributed by atoms with E-state index in [9.17, 15) is 13.2 Å². The Morgan fingerprint density at radius 3 is 1.87 bits per heavy atom. The number of sulfone groups is 1.